The lowest BCUT2D eigenvalue weighted by Gasteiger charge is -2.23. The van der Waals surface area contributed by atoms with E-state index in [4.69, 9.17) is 5.73 Å². The maximum absolute atomic E-state index is 6.55. The Labute approximate surface area is 113 Å². The molecule has 1 fully saturated rings. The van der Waals surface area contributed by atoms with Gasteiger partial charge < -0.3 is 5.73 Å². The summed E-state index contributed by atoms with van der Waals surface area (Å²) in [6.07, 6.45) is 3.55. The first-order chi connectivity index (χ1) is 8.76. The Morgan fingerprint density at radius 2 is 1.89 bits per heavy atom. The van der Waals surface area contributed by atoms with Gasteiger partial charge in [0.05, 0.1) is 0 Å². The van der Waals surface area contributed by atoms with E-state index in [0.717, 1.165) is 6.42 Å². The largest absolute Gasteiger partial charge is 0.323 e. The van der Waals surface area contributed by atoms with Crippen LogP contribution in [0.25, 0.3) is 0 Å². The Balaban J connectivity index is 1.90. The van der Waals surface area contributed by atoms with Crippen molar-refractivity contribution in [1.29, 1.82) is 0 Å². The van der Waals surface area contributed by atoms with Gasteiger partial charge in [-0.2, -0.15) is 0 Å². The highest BCUT2D eigenvalue weighted by molar-refractivity contribution is 7.12. The van der Waals surface area contributed by atoms with Gasteiger partial charge >= 0.3 is 0 Å². The molecule has 0 amide bonds. The molecule has 1 nitrogen and oxygen atoms in total. The molecule has 1 atom stereocenters. The van der Waals surface area contributed by atoms with Crippen molar-refractivity contribution in [2.75, 3.05) is 0 Å². The lowest BCUT2D eigenvalue weighted by atomic mass is 9.88. The zero-order valence-electron chi connectivity index (χ0n) is 10.7. The van der Waals surface area contributed by atoms with Crippen molar-refractivity contribution in [3.05, 3.63) is 57.8 Å². The van der Waals surface area contributed by atoms with Crippen LogP contribution in [0.5, 0.6) is 0 Å². The third-order valence-electron chi connectivity index (χ3n) is 4.07. The van der Waals surface area contributed by atoms with Crippen molar-refractivity contribution in [1.82, 2.24) is 0 Å². The first-order valence-corrected chi connectivity index (χ1v) is 7.47. The molecule has 0 saturated heterocycles. The monoisotopic (exact) mass is 257 g/mol. The molecule has 1 aromatic carbocycles. The van der Waals surface area contributed by atoms with Crippen LogP contribution in [0.2, 0.25) is 0 Å². The first-order valence-electron chi connectivity index (χ1n) is 6.66. The molecule has 2 N–H and O–H groups in total. The topological polar surface area (TPSA) is 26.0 Å². The van der Waals surface area contributed by atoms with Crippen LogP contribution in [0.1, 0.15) is 41.1 Å². The number of rotatable bonds is 4. The summed E-state index contributed by atoms with van der Waals surface area (Å²) in [7, 11) is 0. The Bertz CT molecular complexity index is 525. The van der Waals surface area contributed by atoms with E-state index in [1.54, 1.807) is 0 Å². The van der Waals surface area contributed by atoms with E-state index in [1.807, 2.05) is 11.3 Å². The van der Waals surface area contributed by atoms with Gasteiger partial charge in [-0.15, -0.1) is 11.3 Å². The molecule has 0 radical (unpaired) electrons. The van der Waals surface area contributed by atoms with Crippen LogP contribution < -0.4 is 5.73 Å². The van der Waals surface area contributed by atoms with Crippen molar-refractivity contribution < 1.29 is 0 Å². The van der Waals surface area contributed by atoms with E-state index in [-0.39, 0.29) is 11.5 Å². The molecule has 3 rings (SSSR count). The Morgan fingerprint density at radius 3 is 2.44 bits per heavy atom. The fraction of sp³-hybridized carbons (Fsp3) is 0.375. The van der Waals surface area contributed by atoms with Gasteiger partial charge in [-0.25, -0.2) is 0 Å². The summed E-state index contributed by atoms with van der Waals surface area (Å²) in [4.78, 5) is 2.78. The highest BCUT2D eigenvalue weighted by Gasteiger charge is 2.50. The van der Waals surface area contributed by atoms with Crippen LogP contribution in [0, 0.1) is 0 Å². The summed E-state index contributed by atoms with van der Waals surface area (Å²) >= 11 is 1.88. The van der Waals surface area contributed by atoms with Crippen molar-refractivity contribution in [3.8, 4) is 0 Å². The van der Waals surface area contributed by atoms with Crippen LogP contribution in [-0.2, 0) is 11.8 Å². The van der Waals surface area contributed by atoms with Gasteiger partial charge in [-0.05, 0) is 37.0 Å². The summed E-state index contributed by atoms with van der Waals surface area (Å²) in [5.41, 5.74) is 8.16. The van der Waals surface area contributed by atoms with Gasteiger partial charge in [0.25, 0.3) is 0 Å². The Hall–Kier alpha value is -1.12. The van der Waals surface area contributed by atoms with Gasteiger partial charge in [-0.3, -0.25) is 0 Å². The minimum atomic E-state index is 0.158. The van der Waals surface area contributed by atoms with Gasteiger partial charge in [0, 0.05) is 21.2 Å². The average Bonchev–Trinajstić information content (AvgIpc) is 3.10. The number of hydrogen-bond acceptors (Lipinski definition) is 2. The molecule has 1 heterocycles. The second-order valence-electron chi connectivity index (χ2n) is 5.16. The molecular weight excluding hydrogens is 238 g/mol. The second kappa shape index (κ2) is 4.52. The van der Waals surface area contributed by atoms with E-state index in [9.17, 15) is 0 Å². The fourth-order valence-corrected chi connectivity index (χ4v) is 3.78. The average molecular weight is 257 g/mol. The summed E-state index contributed by atoms with van der Waals surface area (Å²) in [5.74, 6) is 0. The SMILES string of the molecule is CCc1ccc(C(N)C2(c3ccccc3)CC2)s1. The number of hydrogen-bond donors (Lipinski definition) is 1. The number of aryl methyl sites for hydroxylation is 1. The molecule has 1 aliphatic rings. The number of nitrogens with two attached hydrogens (primary N) is 1. The lowest BCUT2D eigenvalue weighted by Crippen LogP contribution is -2.25. The molecule has 0 bridgehead atoms. The maximum atomic E-state index is 6.55. The van der Waals surface area contributed by atoms with Gasteiger partial charge in [0.15, 0.2) is 0 Å². The van der Waals surface area contributed by atoms with E-state index in [0.29, 0.717) is 0 Å². The minimum Gasteiger partial charge on any atom is -0.323 e. The van der Waals surface area contributed by atoms with Gasteiger partial charge in [0.2, 0.25) is 0 Å². The molecule has 0 spiro atoms. The predicted octanol–water partition coefficient (Wildman–Crippen LogP) is 4.04. The molecule has 2 heteroatoms. The van der Waals surface area contributed by atoms with Crippen LogP contribution in [0.4, 0.5) is 0 Å². The minimum absolute atomic E-state index is 0.158. The van der Waals surface area contributed by atoms with Crippen molar-refractivity contribution in [3.63, 3.8) is 0 Å². The van der Waals surface area contributed by atoms with Crippen LogP contribution in [-0.4, -0.2) is 0 Å². The van der Waals surface area contributed by atoms with Crippen LogP contribution in [0.15, 0.2) is 42.5 Å². The van der Waals surface area contributed by atoms with Crippen LogP contribution in [0.3, 0.4) is 0 Å². The third-order valence-corrected chi connectivity index (χ3v) is 5.38. The predicted molar refractivity (Wildman–Crippen MR) is 78.0 cm³/mol. The highest BCUT2D eigenvalue weighted by Crippen LogP contribution is 2.56. The normalized spacial score (nSPS) is 18.6. The van der Waals surface area contributed by atoms with E-state index < -0.39 is 0 Å². The fourth-order valence-electron chi connectivity index (χ4n) is 2.71. The molecule has 18 heavy (non-hydrogen) atoms. The highest BCUT2D eigenvalue weighted by atomic mass is 32.1. The van der Waals surface area contributed by atoms with E-state index in [1.165, 1.54) is 28.2 Å². The smallest absolute Gasteiger partial charge is 0.0488 e. The number of benzene rings is 1. The quantitative estimate of drug-likeness (QED) is 0.879. The summed E-state index contributed by atoms with van der Waals surface area (Å²) < 4.78 is 0. The standard InChI is InChI=1S/C16H19NS/c1-2-13-8-9-14(18-13)15(17)16(10-11-16)12-6-4-3-5-7-12/h3-9,15H,2,10-11,17H2,1H3. The van der Waals surface area contributed by atoms with Gasteiger partial charge in [0.1, 0.15) is 0 Å². The zero-order chi connectivity index (χ0) is 12.6. The molecule has 1 aromatic heterocycles. The molecule has 1 unspecified atom stereocenters. The molecule has 1 saturated carbocycles. The summed E-state index contributed by atoms with van der Waals surface area (Å²) in [6.45, 7) is 2.20. The third kappa shape index (κ3) is 1.90. The Kier molecular flexibility index (Phi) is 3.00. The van der Waals surface area contributed by atoms with E-state index >= 15 is 0 Å². The molecule has 1 aliphatic carbocycles. The molecule has 0 aliphatic heterocycles. The molecular formula is C16H19NS. The second-order valence-corrected chi connectivity index (χ2v) is 6.36. The lowest BCUT2D eigenvalue weighted by molar-refractivity contribution is 0.549. The van der Waals surface area contributed by atoms with Gasteiger partial charge in [-0.1, -0.05) is 37.3 Å². The van der Waals surface area contributed by atoms with E-state index in [2.05, 4.69) is 49.4 Å². The van der Waals surface area contributed by atoms with Crippen molar-refractivity contribution >= 4 is 11.3 Å². The summed E-state index contributed by atoms with van der Waals surface area (Å²) in [5, 5.41) is 0. The number of thiophene rings is 1. The summed E-state index contributed by atoms with van der Waals surface area (Å²) in [6, 6.07) is 15.4. The first kappa shape index (κ1) is 11.9. The maximum Gasteiger partial charge on any atom is 0.0488 e. The van der Waals surface area contributed by atoms with Crippen LogP contribution >= 0.6 is 11.3 Å². The van der Waals surface area contributed by atoms with Crippen molar-refractivity contribution in [2.45, 2.75) is 37.6 Å². The molecule has 2 aromatic rings. The molecule has 94 valence electrons. The Morgan fingerprint density at radius 1 is 1.17 bits per heavy atom. The van der Waals surface area contributed by atoms with Crippen molar-refractivity contribution in [2.24, 2.45) is 5.73 Å². The zero-order valence-corrected chi connectivity index (χ0v) is 11.5.